The predicted molar refractivity (Wildman–Crippen MR) is 65.7 cm³/mol. The minimum absolute atomic E-state index is 0. The van der Waals surface area contributed by atoms with Crippen LogP contribution in [0.15, 0.2) is 12.1 Å². The van der Waals surface area contributed by atoms with Crippen molar-refractivity contribution >= 4 is 24.1 Å². The fraction of sp³-hybridized carbons (Fsp3) is 0.300. The van der Waals surface area contributed by atoms with Gasteiger partial charge in [-0.2, -0.15) is 0 Å². The predicted octanol–water partition coefficient (Wildman–Crippen LogP) is 1.20. The third-order valence-electron chi connectivity index (χ3n) is 2.36. The van der Waals surface area contributed by atoms with E-state index in [9.17, 15) is 20.0 Å². The molecule has 1 atom stereocenters. The molecule has 3 N–H and O–H groups in total. The average molecular weight is 277 g/mol. The fourth-order valence-electron chi connectivity index (χ4n) is 1.43. The zero-order valence-corrected chi connectivity index (χ0v) is 10.6. The summed E-state index contributed by atoms with van der Waals surface area (Å²) in [6.45, 7) is 1.48. The lowest BCUT2D eigenvalue weighted by Gasteiger charge is -2.12. The Hall–Kier alpha value is -1.86. The van der Waals surface area contributed by atoms with E-state index in [1.165, 1.54) is 19.1 Å². The highest BCUT2D eigenvalue weighted by Crippen LogP contribution is 2.35. The number of methoxy groups -OCH3 is 1. The van der Waals surface area contributed by atoms with E-state index in [4.69, 9.17) is 5.73 Å². The second-order valence-electron chi connectivity index (χ2n) is 3.43. The summed E-state index contributed by atoms with van der Waals surface area (Å²) in [6.07, 6.45) is 0. The number of nitrogens with zero attached hydrogens (tertiary/aromatic N) is 1. The van der Waals surface area contributed by atoms with Crippen LogP contribution in [0.3, 0.4) is 0 Å². The van der Waals surface area contributed by atoms with Gasteiger partial charge >= 0.3 is 11.7 Å². The van der Waals surface area contributed by atoms with Gasteiger partial charge in [-0.3, -0.25) is 14.9 Å². The number of hydrogen-bond acceptors (Lipinski definition) is 6. The molecule has 1 rings (SSSR count). The van der Waals surface area contributed by atoms with Gasteiger partial charge in [0.15, 0.2) is 5.75 Å². The van der Waals surface area contributed by atoms with E-state index in [1.54, 1.807) is 0 Å². The van der Waals surface area contributed by atoms with Crippen molar-refractivity contribution in [2.45, 2.75) is 13.0 Å². The van der Waals surface area contributed by atoms with Crippen LogP contribution in [-0.4, -0.2) is 23.1 Å². The molecule has 0 spiro atoms. The smallest absolute Gasteiger partial charge is 0.327 e. The van der Waals surface area contributed by atoms with Crippen LogP contribution in [-0.2, 0) is 9.53 Å². The van der Waals surface area contributed by atoms with Gasteiger partial charge in [0.2, 0.25) is 0 Å². The minimum Gasteiger partial charge on any atom is -0.502 e. The molecule has 0 aliphatic carbocycles. The number of aromatic hydroxyl groups is 1. The van der Waals surface area contributed by atoms with Crippen molar-refractivity contribution in [3.8, 4) is 5.75 Å². The summed E-state index contributed by atoms with van der Waals surface area (Å²) in [5.74, 6) is -1.38. The Morgan fingerprint density at radius 3 is 2.56 bits per heavy atom. The van der Waals surface area contributed by atoms with Gasteiger partial charge in [-0.15, -0.1) is 12.4 Å². The number of hydrogen-bond donors (Lipinski definition) is 2. The average Bonchev–Trinajstić information content (AvgIpc) is 2.27. The number of aryl methyl sites for hydroxylation is 1. The number of carbonyl (C=O) groups excluding carboxylic acids is 1. The molecule has 100 valence electrons. The maximum Gasteiger partial charge on any atom is 0.327 e. The number of rotatable bonds is 3. The monoisotopic (exact) mass is 276 g/mol. The van der Waals surface area contributed by atoms with E-state index in [2.05, 4.69) is 4.74 Å². The van der Waals surface area contributed by atoms with Gasteiger partial charge < -0.3 is 15.6 Å². The molecule has 0 aliphatic rings. The standard InChI is InChI=1S/C10H12N2O5.ClH/c1-5-3-4-6(7(11)10(14)17-2)9(13)8(5)12(15)16;/h3-4,7,13H,11H2,1-2H3;1H/t7-;/m0./s1. The summed E-state index contributed by atoms with van der Waals surface area (Å²) >= 11 is 0. The topological polar surface area (TPSA) is 116 Å². The normalized spacial score (nSPS) is 11.3. The number of phenolic OH excluding ortho intramolecular Hbond substituents is 1. The Kier molecular flexibility index (Phi) is 5.54. The van der Waals surface area contributed by atoms with E-state index in [-0.39, 0.29) is 23.5 Å². The van der Waals surface area contributed by atoms with Crippen LogP contribution in [0, 0.1) is 17.0 Å². The molecule has 0 heterocycles. The summed E-state index contributed by atoms with van der Waals surface area (Å²) in [5.41, 5.74) is 5.31. The molecule has 0 unspecified atom stereocenters. The van der Waals surface area contributed by atoms with Crippen LogP contribution in [0.4, 0.5) is 5.69 Å². The first kappa shape index (κ1) is 16.1. The van der Waals surface area contributed by atoms with Gasteiger partial charge in [0.1, 0.15) is 6.04 Å². The largest absolute Gasteiger partial charge is 0.502 e. The van der Waals surface area contributed by atoms with Gasteiger partial charge in [-0.25, -0.2) is 0 Å². The van der Waals surface area contributed by atoms with Gasteiger partial charge in [-0.1, -0.05) is 12.1 Å². The first-order chi connectivity index (χ1) is 7.90. The fourth-order valence-corrected chi connectivity index (χ4v) is 1.43. The van der Waals surface area contributed by atoms with Gasteiger partial charge in [0.05, 0.1) is 12.0 Å². The van der Waals surface area contributed by atoms with Gasteiger partial charge in [-0.05, 0) is 6.92 Å². The van der Waals surface area contributed by atoms with E-state index in [0.29, 0.717) is 0 Å². The van der Waals surface area contributed by atoms with Gasteiger partial charge in [0, 0.05) is 11.1 Å². The highest BCUT2D eigenvalue weighted by atomic mass is 35.5. The van der Waals surface area contributed by atoms with Crippen molar-refractivity contribution < 1.29 is 19.6 Å². The number of nitrogens with two attached hydrogens (primary N) is 1. The van der Waals surface area contributed by atoms with E-state index in [1.807, 2.05) is 0 Å². The second kappa shape index (κ2) is 6.18. The van der Waals surface area contributed by atoms with Crippen molar-refractivity contribution in [2.24, 2.45) is 5.73 Å². The van der Waals surface area contributed by atoms with Crippen molar-refractivity contribution in [3.63, 3.8) is 0 Å². The highest BCUT2D eigenvalue weighted by molar-refractivity contribution is 5.85. The van der Waals surface area contributed by atoms with Gasteiger partial charge in [0.25, 0.3) is 0 Å². The lowest BCUT2D eigenvalue weighted by molar-refractivity contribution is -0.386. The first-order valence-electron chi connectivity index (χ1n) is 4.70. The Morgan fingerprint density at radius 2 is 2.11 bits per heavy atom. The van der Waals surface area contributed by atoms with Crippen molar-refractivity contribution in [2.75, 3.05) is 7.11 Å². The molecular weight excluding hydrogens is 264 g/mol. The summed E-state index contributed by atoms with van der Waals surface area (Å²) in [5, 5.41) is 20.5. The second-order valence-corrected chi connectivity index (χ2v) is 3.43. The van der Waals surface area contributed by atoms with E-state index in [0.717, 1.165) is 7.11 Å². The molecular formula is C10H13ClN2O5. The minimum atomic E-state index is -1.25. The molecule has 0 aliphatic heterocycles. The molecule has 0 fully saturated rings. The van der Waals surface area contributed by atoms with Crippen molar-refractivity contribution in [1.82, 2.24) is 0 Å². The maximum atomic E-state index is 11.2. The molecule has 7 nitrogen and oxygen atoms in total. The Morgan fingerprint density at radius 1 is 1.56 bits per heavy atom. The Labute approximate surface area is 109 Å². The number of phenols is 1. The summed E-state index contributed by atoms with van der Waals surface area (Å²) < 4.78 is 4.41. The molecule has 0 saturated heterocycles. The molecule has 8 heteroatoms. The number of nitro benzene ring substituents is 1. The third-order valence-corrected chi connectivity index (χ3v) is 2.36. The van der Waals surface area contributed by atoms with Crippen molar-refractivity contribution in [1.29, 1.82) is 0 Å². The molecule has 1 aromatic rings. The van der Waals surface area contributed by atoms with Crippen LogP contribution in [0.5, 0.6) is 5.75 Å². The molecule has 0 aromatic heterocycles. The van der Waals surface area contributed by atoms with E-state index >= 15 is 0 Å². The number of ether oxygens (including phenoxy) is 1. The summed E-state index contributed by atoms with van der Waals surface area (Å²) in [7, 11) is 1.14. The zero-order chi connectivity index (χ0) is 13.2. The van der Waals surface area contributed by atoms with Crippen LogP contribution in [0.2, 0.25) is 0 Å². The highest BCUT2D eigenvalue weighted by Gasteiger charge is 2.27. The van der Waals surface area contributed by atoms with Crippen LogP contribution in [0.25, 0.3) is 0 Å². The lowest BCUT2D eigenvalue weighted by Crippen LogP contribution is -2.22. The Balaban J connectivity index is 0.00000289. The quantitative estimate of drug-likeness (QED) is 0.487. The summed E-state index contributed by atoms with van der Waals surface area (Å²) in [6, 6.07) is 1.52. The molecule has 1 aromatic carbocycles. The SMILES string of the molecule is COC(=O)[C@@H](N)c1ccc(C)c([N+](=O)[O-])c1O.Cl. The number of benzene rings is 1. The number of carbonyl (C=O) groups is 1. The Bertz CT molecular complexity index is 478. The van der Waals surface area contributed by atoms with E-state index < -0.39 is 28.4 Å². The summed E-state index contributed by atoms with van der Waals surface area (Å²) in [4.78, 5) is 21.2. The maximum absolute atomic E-state index is 11.2. The number of halogens is 1. The first-order valence-corrected chi connectivity index (χ1v) is 4.70. The molecule has 0 saturated carbocycles. The molecule has 18 heavy (non-hydrogen) atoms. The van der Waals surface area contributed by atoms with Crippen LogP contribution < -0.4 is 5.73 Å². The van der Waals surface area contributed by atoms with Crippen LogP contribution in [0.1, 0.15) is 17.2 Å². The third kappa shape index (κ3) is 2.88. The van der Waals surface area contributed by atoms with Crippen LogP contribution >= 0.6 is 12.4 Å². The molecule has 0 radical (unpaired) electrons. The number of nitro groups is 1. The molecule has 0 bridgehead atoms. The zero-order valence-electron chi connectivity index (χ0n) is 9.75. The number of esters is 1. The van der Waals surface area contributed by atoms with Crippen molar-refractivity contribution in [3.05, 3.63) is 33.4 Å². The molecule has 0 amide bonds. The lowest BCUT2D eigenvalue weighted by atomic mass is 10.0.